The summed E-state index contributed by atoms with van der Waals surface area (Å²) in [4.78, 5) is 20.6. The van der Waals surface area contributed by atoms with E-state index in [2.05, 4.69) is 17.2 Å². The molecule has 0 spiro atoms. The Labute approximate surface area is 202 Å². The van der Waals surface area contributed by atoms with Crippen molar-refractivity contribution < 1.29 is 13.2 Å². The molecule has 2 aliphatic rings. The van der Waals surface area contributed by atoms with Gasteiger partial charge in [-0.15, -0.1) is 11.3 Å². The highest BCUT2D eigenvalue weighted by molar-refractivity contribution is 7.89. The van der Waals surface area contributed by atoms with Crippen LogP contribution < -0.4 is 11.1 Å². The van der Waals surface area contributed by atoms with Crippen molar-refractivity contribution in [3.63, 3.8) is 0 Å². The minimum absolute atomic E-state index is 0.0668. The molecule has 4 N–H and O–H groups in total. The Kier molecular flexibility index (Phi) is 5.88. The molecular formula is C23H26N6O3S2. The number of carbonyl (C=O) groups excluding carboxylic acids is 1. The number of nitrogens with zero attached hydrogens (tertiary/aromatic N) is 3. The van der Waals surface area contributed by atoms with Gasteiger partial charge in [-0.3, -0.25) is 10.2 Å². The summed E-state index contributed by atoms with van der Waals surface area (Å²) in [7, 11) is -3.72. The molecule has 0 aliphatic carbocycles. The molecule has 0 saturated carbocycles. The largest absolute Gasteiger partial charge is 0.384 e. The second-order valence-electron chi connectivity index (χ2n) is 8.71. The molecule has 5 rings (SSSR count). The van der Waals surface area contributed by atoms with Gasteiger partial charge in [0.25, 0.3) is 5.91 Å². The average molecular weight is 499 g/mol. The van der Waals surface area contributed by atoms with Crippen LogP contribution in [-0.4, -0.2) is 66.6 Å². The molecule has 1 aromatic heterocycles. The van der Waals surface area contributed by atoms with Gasteiger partial charge in [0.2, 0.25) is 10.0 Å². The fourth-order valence-electron chi connectivity index (χ4n) is 4.37. The number of aromatic nitrogens is 1. The fourth-order valence-corrected chi connectivity index (χ4v) is 6.84. The number of sulfonamides is 1. The first-order valence-electron chi connectivity index (χ1n) is 11.1. The van der Waals surface area contributed by atoms with E-state index in [4.69, 9.17) is 11.1 Å². The maximum atomic E-state index is 13.3. The number of nitrogen functional groups attached to an aromatic ring is 1. The smallest absolute Gasteiger partial charge is 0.282 e. The number of amides is 1. The summed E-state index contributed by atoms with van der Waals surface area (Å²) in [5, 5.41) is 13.1. The van der Waals surface area contributed by atoms with Crippen molar-refractivity contribution >= 4 is 43.9 Å². The molecule has 9 nitrogen and oxygen atoms in total. The van der Waals surface area contributed by atoms with E-state index in [0.29, 0.717) is 35.1 Å². The number of benzene rings is 2. The maximum Gasteiger partial charge on any atom is 0.282 e. The van der Waals surface area contributed by atoms with Crippen LogP contribution in [0.1, 0.15) is 32.9 Å². The summed E-state index contributed by atoms with van der Waals surface area (Å²) in [5.74, 6) is -0.200. The van der Waals surface area contributed by atoms with E-state index in [9.17, 15) is 13.2 Å². The number of hydrogen-bond donors (Lipinski definition) is 3. The Morgan fingerprint density at radius 2 is 1.88 bits per heavy atom. The third-order valence-corrected chi connectivity index (χ3v) is 9.34. The van der Waals surface area contributed by atoms with Crippen LogP contribution in [0.5, 0.6) is 0 Å². The Hall–Kier alpha value is -2.86. The predicted molar refractivity (Wildman–Crippen MR) is 132 cm³/mol. The Balaban J connectivity index is 1.30. The highest BCUT2D eigenvalue weighted by Gasteiger charge is 2.32. The van der Waals surface area contributed by atoms with Gasteiger partial charge < -0.3 is 16.0 Å². The van der Waals surface area contributed by atoms with Crippen LogP contribution in [-0.2, 0) is 23.0 Å². The number of amidine groups is 1. The van der Waals surface area contributed by atoms with Crippen molar-refractivity contribution in [1.82, 2.24) is 19.5 Å². The summed E-state index contributed by atoms with van der Waals surface area (Å²) < 4.78 is 28.0. The summed E-state index contributed by atoms with van der Waals surface area (Å²) in [6.07, 6.45) is 0.810. The van der Waals surface area contributed by atoms with Gasteiger partial charge in [-0.25, -0.2) is 13.4 Å². The third kappa shape index (κ3) is 4.20. The average Bonchev–Trinajstić information content (AvgIpc) is 3.26. The van der Waals surface area contributed by atoms with Crippen molar-refractivity contribution in [3.8, 4) is 0 Å². The summed E-state index contributed by atoms with van der Waals surface area (Å²) in [5.41, 5.74) is 7.11. The van der Waals surface area contributed by atoms with Crippen LogP contribution in [0.15, 0.2) is 41.3 Å². The fraction of sp³-hybridized carbons (Fsp3) is 0.348. The number of nitrogens with two attached hydrogens (primary N) is 1. The molecule has 1 unspecified atom stereocenters. The van der Waals surface area contributed by atoms with E-state index in [1.807, 2.05) is 6.07 Å². The SMILES string of the molecule is CC1Cc2nc(C(=O)N3CCN(S(=O)(=O)c4ccc5ccc(C(=N)N)cc5c4)CC3)sc2CN1. The quantitative estimate of drug-likeness (QED) is 0.371. The first kappa shape index (κ1) is 22.9. The lowest BCUT2D eigenvalue weighted by atomic mass is 10.1. The predicted octanol–water partition coefficient (Wildman–Crippen LogP) is 1.76. The van der Waals surface area contributed by atoms with E-state index in [0.717, 1.165) is 28.9 Å². The molecule has 1 fully saturated rings. The summed E-state index contributed by atoms with van der Waals surface area (Å²) >= 11 is 1.43. The molecule has 34 heavy (non-hydrogen) atoms. The molecule has 1 amide bonds. The molecule has 2 aliphatic heterocycles. The summed E-state index contributed by atoms with van der Waals surface area (Å²) in [6.45, 7) is 3.92. The number of nitrogens with one attached hydrogen (secondary N) is 2. The molecule has 3 heterocycles. The standard InChI is InChI=1S/C23H26N6O3S2/c1-14-10-19-20(13-26-14)33-22(27-19)23(30)28-6-8-29(9-7-28)34(31,32)18-5-4-15-2-3-16(21(24)25)11-17(15)12-18/h2-5,11-12,14,26H,6-10,13H2,1H3,(H3,24,25). The van der Waals surface area contributed by atoms with E-state index in [-0.39, 0.29) is 29.7 Å². The number of rotatable bonds is 4. The van der Waals surface area contributed by atoms with Gasteiger partial charge in [0.15, 0.2) is 5.01 Å². The van der Waals surface area contributed by atoms with Gasteiger partial charge in [0.05, 0.1) is 10.6 Å². The van der Waals surface area contributed by atoms with Crippen molar-refractivity contribution in [2.75, 3.05) is 26.2 Å². The monoisotopic (exact) mass is 498 g/mol. The lowest BCUT2D eigenvalue weighted by molar-refractivity contribution is 0.0697. The molecular weight excluding hydrogens is 472 g/mol. The Morgan fingerprint density at radius 3 is 2.62 bits per heavy atom. The van der Waals surface area contributed by atoms with E-state index in [1.54, 1.807) is 35.2 Å². The van der Waals surface area contributed by atoms with Crippen LogP contribution in [0.2, 0.25) is 0 Å². The molecule has 0 radical (unpaired) electrons. The van der Waals surface area contributed by atoms with E-state index >= 15 is 0 Å². The third-order valence-electron chi connectivity index (χ3n) is 6.36. The topological polar surface area (TPSA) is 132 Å². The molecule has 1 saturated heterocycles. The van der Waals surface area contributed by atoms with Gasteiger partial charge in [-0.1, -0.05) is 18.2 Å². The van der Waals surface area contributed by atoms with Crippen LogP contribution in [0, 0.1) is 5.41 Å². The number of carbonyl (C=O) groups is 1. The normalized spacial score (nSPS) is 19.2. The minimum atomic E-state index is -3.72. The Morgan fingerprint density at radius 1 is 1.15 bits per heavy atom. The Bertz CT molecular complexity index is 1390. The lowest BCUT2D eigenvalue weighted by Crippen LogP contribution is -2.50. The van der Waals surface area contributed by atoms with E-state index < -0.39 is 10.0 Å². The molecule has 3 aromatic rings. The number of piperazine rings is 1. The number of hydrogen-bond acceptors (Lipinski definition) is 7. The van der Waals surface area contributed by atoms with Gasteiger partial charge in [0.1, 0.15) is 5.84 Å². The molecule has 0 bridgehead atoms. The lowest BCUT2D eigenvalue weighted by Gasteiger charge is -2.33. The first-order chi connectivity index (χ1) is 16.2. The van der Waals surface area contributed by atoms with Crippen LogP contribution >= 0.6 is 11.3 Å². The zero-order valence-electron chi connectivity index (χ0n) is 18.7. The highest BCUT2D eigenvalue weighted by Crippen LogP contribution is 2.26. The zero-order valence-corrected chi connectivity index (χ0v) is 20.4. The van der Waals surface area contributed by atoms with Crippen molar-refractivity contribution in [1.29, 1.82) is 5.41 Å². The van der Waals surface area contributed by atoms with Gasteiger partial charge >= 0.3 is 0 Å². The highest BCUT2D eigenvalue weighted by atomic mass is 32.2. The van der Waals surface area contributed by atoms with Crippen LogP contribution in [0.3, 0.4) is 0 Å². The van der Waals surface area contributed by atoms with Crippen LogP contribution in [0.4, 0.5) is 0 Å². The van der Waals surface area contributed by atoms with Crippen molar-refractivity contribution in [2.45, 2.75) is 30.8 Å². The summed E-state index contributed by atoms with van der Waals surface area (Å²) in [6, 6.07) is 10.6. The van der Waals surface area contributed by atoms with Gasteiger partial charge in [-0.2, -0.15) is 4.31 Å². The van der Waals surface area contributed by atoms with Gasteiger partial charge in [0, 0.05) is 55.6 Å². The van der Waals surface area contributed by atoms with E-state index in [1.165, 1.54) is 15.6 Å². The number of fused-ring (bicyclic) bond motifs is 2. The number of thiazole rings is 1. The van der Waals surface area contributed by atoms with Crippen molar-refractivity contribution in [2.24, 2.45) is 5.73 Å². The zero-order chi connectivity index (χ0) is 24.0. The molecule has 11 heteroatoms. The molecule has 178 valence electrons. The molecule has 2 aromatic carbocycles. The first-order valence-corrected chi connectivity index (χ1v) is 13.4. The maximum absolute atomic E-state index is 13.3. The second kappa shape index (κ2) is 8.73. The second-order valence-corrected chi connectivity index (χ2v) is 11.7. The molecule has 1 atom stereocenters. The minimum Gasteiger partial charge on any atom is -0.384 e. The van der Waals surface area contributed by atoms with Gasteiger partial charge in [-0.05, 0) is 35.9 Å². The van der Waals surface area contributed by atoms with Crippen molar-refractivity contribution in [3.05, 3.63) is 57.5 Å². The van der Waals surface area contributed by atoms with Crippen LogP contribution in [0.25, 0.3) is 10.8 Å².